The first kappa shape index (κ1) is 20.0. The van der Waals surface area contributed by atoms with Gasteiger partial charge in [0.15, 0.2) is 11.5 Å². The van der Waals surface area contributed by atoms with E-state index in [2.05, 4.69) is 43.2 Å². The predicted molar refractivity (Wildman–Crippen MR) is 120 cm³/mol. The number of hydrogen-bond acceptors (Lipinski definition) is 8. The van der Waals surface area contributed by atoms with E-state index in [-0.39, 0.29) is 0 Å². The lowest BCUT2D eigenvalue weighted by Crippen LogP contribution is -2.54. The highest BCUT2D eigenvalue weighted by molar-refractivity contribution is 5.76. The maximum atomic E-state index is 5.53. The third-order valence-electron chi connectivity index (χ3n) is 7.01. The Kier molecular flexibility index (Phi) is 5.42. The molecule has 0 aliphatic carbocycles. The van der Waals surface area contributed by atoms with Crippen LogP contribution in [0.4, 0.5) is 0 Å². The van der Waals surface area contributed by atoms with Gasteiger partial charge >= 0.3 is 0 Å². The molecule has 8 nitrogen and oxygen atoms in total. The first-order valence-electron chi connectivity index (χ1n) is 11.6. The molecule has 32 heavy (non-hydrogen) atoms. The van der Waals surface area contributed by atoms with Gasteiger partial charge in [0.2, 0.25) is 6.79 Å². The van der Waals surface area contributed by atoms with E-state index in [0.717, 1.165) is 74.9 Å². The van der Waals surface area contributed by atoms with Crippen LogP contribution in [0.3, 0.4) is 0 Å². The van der Waals surface area contributed by atoms with Crippen LogP contribution >= 0.6 is 0 Å². The lowest BCUT2D eigenvalue weighted by molar-refractivity contribution is 0.0478. The maximum Gasteiger partial charge on any atom is 0.231 e. The summed E-state index contributed by atoms with van der Waals surface area (Å²) in [7, 11) is 0. The molecule has 3 aromatic rings. The fourth-order valence-corrected chi connectivity index (χ4v) is 5.29. The van der Waals surface area contributed by atoms with Gasteiger partial charge in [-0.25, -0.2) is 4.63 Å². The quantitative estimate of drug-likeness (QED) is 0.606. The zero-order valence-electron chi connectivity index (χ0n) is 18.3. The summed E-state index contributed by atoms with van der Waals surface area (Å²) in [6, 6.07) is 13.1. The highest BCUT2D eigenvalue weighted by Crippen LogP contribution is 2.33. The minimum Gasteiger partial charge on any atom is -0.454 e. The second kappa shape index (κ2) is 8.69. The molecule has 4 heterocycles. The zero-order chi connectivity index (χ0) is 21.3. The second-order valence-electron chi connectivity index (χ2n) is 9.08. The first-order chi connectivity index (χ1) is 15.8. The lowest BCUT2D eigenvalue weighted by Gasteiger charge is -2.43. The van der Waals surface area contributed by atoms with Crippen molar-refractivity contribution in [2.75, 3.05) is 46.1 Å². The van der Waals surface area contributed by atoms with Crippen LogP contribution in [0.25, 0.3) is 11.0 Å². The average molecular weight is 436 g/mol. The van der Waals surface area contributed by atoms with Gasteiger partial charge in [-0.1, -0.05) is 18.2 Å². The molecule has 2 saturated heterocycles. The largest absolute Gasteiger partial charge is 0.454 e. The molecule has 0 saturated carbocycles. The van der Waals surface area contributed by atoms with Gasteiger partial charge in [-0.05, 0) is 59.0 Å². The first-order valence-corrected chi connectivity index (χ1v) is 11.6. The number of nitrogens with zero attached hydrogens (tertiary/aromatic N) is 5. The molecule has 6 rings (SSSR count). The van der Waals surface area contributed by atoms with E-state index < -0.39 is 0 Å². The standard InChI is InChI=1S/C24H29N5O3/c1-3-19(24-21(5-1)25-32-26-24)15-28-8-2-4-20(16-28)29-11-9-27(10-12-29)14-18-6-7-22-23(13-18)31-17-30-22/h1,3,5-7,13,20H,2,4,8-12,14-17H2. The SMILES string of the molecule is c1cc(CN2CCCC(N3CCN(Cc4ccc5c(c4)OCO5)CC3)C2)c2nonc2c1. The van der Waals surface area contributed by atoms with E-state index >= 15 is 0 Å². The Balaban J connectivity index is 1.03. The van der Waals surface area contributed by atoms with Crippen molar-refractivity contribution in [1.29, 1.82) is 0 Å². The fourth-order valence-electron chi connectivity index (χ4n) is 5.29. The van der Waals surface area contributed by atoms with Gasteiger partial charge in [-0.3, -0.25) is 14.7 Å². The number of aromatic nitrogens is 2. The zero-order valence-corrected chi connectivity index (χ0v) is 18.3. The molecule has 0 spiro atoms. The van der Waals surface area contributed by atoms with Gasteiger partial charge in [0.05, 0.1) is 0 Å². The molecular formula is C24H29N5O3. The highest BCUT2D eigenvalue weighted by Gasteiger charge is 2.28. The van der Waals surface area contributed by atoms with E-state index in [9.17, 15) is 0 Å². The summed E-state index contributed by atoms with van der Waals surface area (Å²) in [4.78, 5) is 7.81. The minimum absolute atomic E-state index is 0.334. The van der Waals surface area contributed by atoms with Gasteiger partial charge in [0.1, 0.15) is 11.0 Å². The Hall–Kier alpha value is -2.68. The van der Waals surface area contributed by atoms with Crippen LogP contribution in [0.5, 0.6) is 11.5 Å². The second-order valence-corrected chi connectivity index (χ2v) is 9.08. The maximum absolute atomic E-state index is 5.53. The molecule has 3 aliphatic heterocycles. The topological polar surface area (TPSA) is 67.1 Å². The Morgan fingerprint density at radius 3 is 2.72 bits per heavy atom. The van der Waals surface area contributed by atoms with Crippen LogP contribution in [0.1, 0.15) is 24.0 Å². The average Bonchev–Trinajstić information content (AvgIpc) is 3.49. The van der Waals surface area contributed by atoms with Crippen molar-refractivity contribution in [1.82, 2.24) is 25.0 Å². The Morgan fingerprint density at radius 1 is 0.875 bits per heavy atom. The molecule has 168 valence electrons. The van der Waals surface area contributed by atoms with Gasteiger partial charge < -0.3 is 9.47 Å². The van der Waals surface area contributed by atoms with E-state index in [0.29, 0.717) is 12.8 Å². The van der Waals surface area contributed by atoms with E-state index in [4.69, 9.17) is 14.1 Å². The summed E-state index contributed by atoms with van der Waals surface area (Å²) >= 11 is 0. The number of ether oxygens (including phenoxy) is 2. The summed E-state index contributed by atoms with van der Waals surface area (Å²) in [5.41, 5.74) is 4.24. The number of piperidine rings is 1. The van der Waals surface area contributed by atoms with Crippen molar-refractivity contribution in [3.8, 4) is 11.5 Å². The van der Waals surface area contributed by atoms with Crippen molar-refractivity contribution in [3.05, 3.63) is 47.5 Å². The number of fused-ring (bicyclic) bond motifs is 2. The third-order valence-corrected chi connectivity index (χ3v) is 7.01. The van der Waals surface area contributed by atoms with Crippen LogP contribution in [0.2, 0.25) is 0 Å². The number of likely N-dealkylation sites (tertiary alicyclic amines) is 1. The summed E-state index contributed by atoms with van der Waals surface area (Å²) < 4.78 is 15.9. The highest BCUT2D eigenvalue weighted by atomic mass is 16.7. The monoisotopic (exact) mass is 435 g/mol. The molecule has 3 aliphatic rings. The van der Waals surface area contributed by atoms with Crippen LogP contribution in [0.15, 0.2) is 41.0 Å². The lowest BCUT2D eigenvalue weighted by atomic mass is 10.0. The van der Waals surface area contributed by atoms with Gasteiger partial charge in [0.25, 0.3) is 0 Å². The van der Waals surface area contributed by atoms with Crippen molar-refractivity contribution in [3.63, 3.8) is 0 Å². The van der Waals surface area contributed by atoms with Crippen molar-refractivity contribution < 1.29 is 14.1 Å². The number of hydrogen-bond donors (Lipinski definition) is 0. The molecule has 0 bridgehead atoms. The number of benzene rings is 2. The molecule has 0 radical (unpaired) electrons. The molecule has 8 heteroatoms. The molecule has 0 N–H and O–H groups in total. The normalized spacial score (nSPS) is 22.6. The van der Waals surface area contributed by atoms with Crippen molar-refractivity contribution in [2.45, 2.75) is 32.0 Å². The predicted octanol–water partition coefficient (Wildman–Crippen LogP) is 2.73. The van der Waals surface area contributed by atoms with Gasteiger partial charge in [0, 0.05) is 51.9 Å². The number of rotatable bonds is 5. The molecule has 2 aromatic carbocycles. The van der Waals surface area contributed by atoms with Crippen LogP contribution in [-0.2, 0) is 13.1 Å². The molecular weight excluding hydrogens is 406 g/mol. The third kappa shape index (κ3) is 4.05. The van der Waals surface area contributed by atoms with Gasteiger partial charge in [-0.2, -0.15) is 0 Å². The smallest absolute Gasteiger partial charge is 0.231 e. The van der Waals surface area contributed by atoms with E-state index in [1.807, 2.05) is 18.2 Å². The molecule has 1 unspecified atom stereocenters. The van der Waals surface area contributed by atoms with E-state index in [1.165, 1.54) is 24.0 Å². The summed E-state index contributed by atoms with van der Waals surface area (Å²) in [6.45, 7) is 8.94. The van der Waals surface area contributed by atoms with Crippen molar-refractivity contribution in [2.24, 2.45) is 0 Å². The fraction of sp³-hybridized carbons (Fsp3) is 0.500. The van der Waals surface area contributed by atoms with Gasteiger partial charge in [-0.15, -0.1) is 0 Å². The summed E-state index contributed by atoms with van der Waals surface area (Å²) in [5, 5.41) is 8.10. The van der Waals surface area contributed by atoms with Crippen LogP contribution in [-0.4, -0.2) is 77.1 Å². The van der Waals surface area contributed by atoms with Crippen molar-refractivity contribution >= 4 is 11.0 Å². The Morgan fingerprint density at radius 2 is 1.78 bits per heavy atom. The Labute approximate surface area is 187 Å². The Bertz CT molecular complexity index is 1080. The molecule has 1 atom stereocenters. The summed E-state index contributed by atoms with van der Waals surface area (Å²) in [6.07, 6.45) is 2.53. The summed E-state index contributed by atoms with van der Waals surface area (Å²) in [5.74, 6) is 1.73. The molecule has 2 fully saturated rings. The van der Waals surface area contributed by atoms with E-state index in [1.54, 1.807) is 0 Å². The molecule has 1 aromatic heterocycles. The van der Waals surface area contributed by atoms with Crippen LogP contribution < -0.4 is 9.47 Å². The minimum atomic E-state index is 0.334. The van der Waals surface area contributed by atoms with Crippen LogP contribution in [0, 0.1) is 0 Å². The number of piperazine rings is 1. The molecule has 0 amide bonds.